The first-order valence-corrected chi connectivity index (χ1v) is 7.14. The van der Waals surface area contributed by atoms with E-state index in [1.54, 1.807) is 0 Å². The minimum atomic E-state index is -0.597. The first-order valence-electron chi connectivity index (χ1n) is 13.6. The van der Waals surface area contributed by atoms with Crippen molar-refractivity contribution >= 4 is 0 Å². The van der Waals surface area contributed by atoms with Crippen LogP contribution in [0.2, 0.25) is 0 Å². The average molecular weight is 319 g/mol. The van der Waals surface area contributed by atoms with Gasteiger partial charge in [0.05, 0.1) is 17.8 Å². The van der Waals surface area contributed by atoms with Gasteiger partial charge in [-0.3, -0.25) is 0 Å². The molecule has 0 N–H and O–H groups in total. The molecule has 4 aromatic carbocycles. The lowest BCUT2D eigenvalue weighted by Crippen LogP contribution is -1.85. The van der Waals surface area contributed by atoms with Crippen LogP contribution in [0.5, 0.6) is 0 Å². The summed E-state index contributed by atoms with van der Waals surface area (Å²) in [6, 6.07) is 0.620. The van der Waals surface area contributed by atoms with E-state index >= 15 is 0 Å². The van der Waals surface area contributed by atoms with E-state index in [2.05, 4.69) is 0 Å². The van der Waals surface area contributed by atoms with Gasteiger partial charge < -0.3 is 0 Å². The van der Waals surface area contributed by atoms with E-state index in [1.807, 2.05) is 0 Å². The Balaban J connectivity index is 2.08. The fourth-order valence-electron chi connectivity index (χ4n) is 2.27. The van der Waals surface area contributed by atoms with E-state index in [1.165, 1.54) is 6.07 Å². The van der Waals surface area contributed by atoms with Crippen LogP contribution in [0.25, 0.3) is 33.4 Å². The molecule has 0 atom stereocenters. The van der Waals surface area contributed by atoms with Gasteiger partial charge in [0, 0.05) is 0 Å². The zero-order valence-electron chi connectivity index (χ0n) is 25.4. The van der Waals surface area contributed by atoms with Crippen molar-refractivity contribution in [2.24, 2.45) is 0 Å². The minimum Gasteiger partial charge on any atom is -0.0622 e. The fraction of sp³-hybridized carbons (Fsp3) is 0. The highest BCUT2D eigenvalue weighted by molar-refractivity contribution is 5.84. The Morgan fingerprint density at radius 1 is 0.417 bits per heavy atom. The Kier molecular flexibility index (Phi) is 1.66. The van der Waals surface area contributed by atoms with Crippen LogP contribution in [-0.2, 0) is 0 Å². The van der Waals surface area contributed by atoms with Crippen molar-refractivity contribution in [2.45, 2.75) is 0 Å². The molecule has 0 aliphatic carbocycles. The summed E-state index contributed by atoms with van der Waals surface area (Å²) in [4.78, 5) is 0. The molecule has 0 radical (unpaired) electrons. The molecule has 24 heavy (non-hydrogen) atoms. The maximum atomic E-state index is 8.66. The number of hydrogen-bond donors (Lipinski definition) is 0. The lowest BCUT2D eigenvalue weighted by molar-refractivity contribution is 1.57. The Hall–Kier alpha value is -3.12. The second-order valence-electron chi connectivity index (χ2n) is 4.85. The molecule has 0 bridgehead atoms. The van der Waals surface area contributed by atoms with Gasteiger partial charge in [0.2, 0.25) is 0 Å². The molecule has 0 fully saturated rings. The van der Waals surface area contributed by atoms with Crippen molar-refractivity contribution in [2.75, 3.05) is 0 Å². The highest BCUT2D eigenvalue weighted by atomic mass is 14.1. The summed E-state index contributed by atoms with van der Waals surface area (Å²) in [5, 5.41) is 0. The highest BCUT2D eigenvalue weighted by Crippen LogP contribution is 2.33. The van der Waals surface area contributed by atoms with Crippen molar-refractivity contribution in [1.29, 1.82) is 0 Å². The minimum absolute atomic E-state index is 0.0205. The predicted octanol–water partition coefficient (Wildman–Crippen LogP) is 6.69. The molecule has 0 nitrogen and oxygen atoms in total. The maximum Gasteiger partial charge on any atom is 0.0629 e. The summed E-state index contributed by atoms with van der Waals surface area (Å²) < 4.78 is 107. The van der Waals surface area contributed by atoms with Crippen LogP contribution in [0.15, 0.2) is 109 Å². The maximum absolute atomic E-state index is 8.66. The highest BCUT2D eigenvalue weighted by Gasteiger charge is 2.06. The fourth-order valence-corrected chi connectivity index (χ4v) is 2.27. The molecule has 0 amide bonds. The summed E-state index contributed by atoms with van der Waals surface area (Å²) in [6.45, 7) is 0. The second kappa shape index (κ2) is 6.55. The summed E-state index contributed by atoms with van der Waals surface area (Å²) >= 11 is 0. The number of rotatable bonds is 3. The molecule has 0 aromatic heterocycles. The van der Waals surface area contributed by atoms with Crippen LogP contribution in [-0.4, -0.2) is 0 Å². The standard InChI is InChI=1S/C24H18/c1-3-9-19(10-4-1)20-15-17-22(18-16-20)24-14-8-7-13-23(24)21-11-5-2-6-12-21/h1-18H/i1D,2D,3D,5D,7D,8D,9D,10D,12D,13D,14D,15D,18D. The second-order valence-corrected chi connectivity index (χ2v) is 4.85. The molecular formula is C24H18. The van der Waals surface area contributed by atoms with Gasteiger partial charge in [0.1, 0.15) is 0 Å². The zero-order valence-corrected chi connectivity index (χ0v) is 12.4. The zero-order chi connectivity index (χ0) is 27.5. The van der Waals surface area contributed by atoms with E-state index in [9.17, 15) is 0 Å². The van der Waals surface area contributed by atoms with Gasteiger partial charge in [-0.05, 0) is 33.4 Å². The summed E-state index contributed by atoms with van der Waals surface area (Å²) in [6.07, 6.45) is 0. The molecule has 0 saturated carbocycles. The largest absolute Gasteiger partial charge is 0.0629 e. The summed E-state index contributed by atoms with van der Waals surface area (Å²) in [5.74, 6) is 0. The molecule has 0 heteroatoms. The van der Waals surface area contributed by atoms with Gasteiger partial charge in [-0.2, -0.15) is 0 Å². The van der Waals surface area contributed by atoms with Crippen LogP contribution in [0.1, 0.15) is 17.8 Å². The molecule has 4 aromatic rings. The smallest absolute Gasteiger partial charge is 0.0622 e. The molecule has 0 heterocycles. The van der Waals surface area contributed by atoms with Crippen molar-refractivity contribution < 1.29 is 17.8 Å². The Morgan fingerprint density at radius 3 is 1.83 bits per heavy atom. The molecule has 0 unspecified atom stereocenters. The molecular weight excluding hydrogens is 288 g/mol. The lowest BCUT2D eigenvalue weighted by Gasteiger charge is -2.11. The first kappa shape index (κ1) is 6.07. The molecule has 0 aliphatic heterocycles. The van der Waals surface area contributed by atoms with Crippen LogP contribution >= 0.6 is 0 Å². The van der Waals surface area contributed by atoms with Gasteiger partial charge in [-0.1, -0.05) is 109 Å². The van der Waals surface area contributed by atoms with Crippen LogP contribution in [0.4, 0.5) is 0 Å². The van der Waals surface area contributed by atoms with Crippen molar-refractivity contribution in [3.8, 4) is 33.4 Å². The predicted molar refractivity (Wildman–Crippen MR) is 103 cm³/mol. The monoisotopic (exact) mass is 319 g/mol. The van der Waals surface area contributed by atoms with Crippen LogP contribution < -0.4 is 0 Å². The normalized spacial score (nSPS) is 18.1. The van der Waals surface area contributed by atoms with E-state index in [-0.39, 0.29) is 75.7 Å². The van der Waals surface area contributed by atoms with E-state index in [0.717, 1.165) is 24.3 Å². The quantitative estimate of drug-likeness (QED) is 0.395. The van der Waals surface area contributed by atoms with E-state index in [4.69, 9.17) is 17.8 Å². The molecule has 0 spiro atoms. The van der Waals surface area contributed by atoms with Gasteiger partial charge >= 0.3 is 0 Å². The van der Waals surface area contributed by atoms with Crippen molar-refractivity contribution in [3.63, 3.8) is 0 Å². The Bertz CT molecular complexity index is 1610. The first-order chi connectivity index (χ1) is 17.3. The van der Waals surface area contributed by atoms with E-state index < -0.39 is 36.3 Å². The van der Waals surface area contributed by atoms with Crippen molar-refractivity contribution in [3.05, 3.63) is 109 Å². The molecule has 114 valence electrons. The summed E-state index contributed by atoms with van der Waals surface area (Å²) in [5.41, 5.74) is -0.559. The number of benzene rings is 4. The molecule has 0 aliphatic rings. The number of hydrogen-bond acceptors (Lipinski definition) is 0. The van der Waals surface area contributed by atoms with Gasteiger partial charge in [-0.25, -0.2) is 0 Å². The topological polar surface area (TPSA) is 0 Å². The van der Waals surface area contributed by atoms with Crippen molar-refractivity contribution in [1.82, 2.24) is 0 Å². The lowest BCUT2D eigenvalue weighted by atomic mass is 9.93. The molecule has 4 rings (SSSR count). The van der Waals surface area contributed by atoms with Gasteiger partial charge in [-0.15, -0.1) is 0 Å². The van der Waals surface area contributed by atoms with Gasteiger partial charge in [0.25, 0.3) is 0 Å². The third kappa shape index (κ3) is 2.87. The van der Waals surface area contributed by atoms with Crippen LogP contribution in [0, 0.1) is 0 Å². The van der Waals surface area contributed by atoms with E-state index in [0.29, 0.717) is 0 Å². The SMILES string of the molecule is [2H]c1cc([2H])c(-c2c([2H])c([2H])c([2H])c([2H])c2-c2cc([2H])c(-c3c([2H])cc([2H])c([2H])c3[2H])cc2[2H])cc1[2H]. The van der Waals surface area contributed by atoms with Crippen LogP contribution in [0.3, 0.4) is 0 Å². The summed E-state index contributed by atoms with van der Waals surface area (Å²) in [7, 11) is 0. The average Bonchev–Trinajstić information content (AvgIpc) is 2.83. The third-order valence-corrected chi connectivity index (χ3v) is 3.39. The Labute approximate surface area is 161 Å². The van der Waals surface area contributed by atoms with Gasteiger partial charge in [0.15, 0.2) is 0 Å². The third-order valence-electron chi connectivity index (χ3n) is 3.39. The Morgan fingerprint density at radius 2 is 1.00 bits per heavy atom. The molecule has 0 saturated heterocycles.